The van der Waals surface area contributed by atoms with E-state index in [1.54, 1.807) is 0 Å². The van der Waals surface area contributed by atoms with Crippen LogP contribution in [0.4, 0.5) is 0 Å². The van der Waals surface area contributed by atoms with Crippen LogP contribution < -0.4 is 0 Å². The summed E-state index contributed by atoms with van der Waals surface area (Å²) in [5.41, 5.74) is 3.22. The Bertz CT molecular complexity index is 1770. The molecule has 0 amide bonds. The number of nitrogens with zero attached hydrogens (tertiary/aromatic N) is 4. The predicted octanol–water partition coefficient (Wildman–Crippen LogP) is 15.8. The van der Waals surface area contributed by atoms with Gasteiger partial charge in [-0.15, -0.1) is 0 Å². The first-order chi connectivity index (χ1) is 35.8. The van der Waals surface area contributed by atoms with Crippen LogP contribution in [0.25, 0.3) is 0 Å². The third kappa shape index (κ3) is 13.6. The number of benzene rings is 2. The van der Waals surface area contributed by atoms with Gasteiger partial charge in [0.05, 0.1) is 9.79 Å². The van der Waals surface area contributed by atoms with Gasteiger partial charge in [-0.1, -0.05) is 154 Å². The van der Waals surface area contributed by atoms with Gasteiger partial charge in [-0.2, -0.15) is 0 Å². The standard InChI is InChI=1S/C64H102N4O4S/c69-63-49(45-65(53-25-9-1-10-26-53)54-27-11-2-12-28-54)41-61(42-50(63)46-66(55-29-13-3-14-30-55)56-31-15-4-16-32-56)73(71,72)62-43-51(47-67(57-33-17-5-18-34-57)58-35-19-6-20-36-58)64(70)52(44-62)48-68(59-37-21-7-22-38-59)60-39-23-8-24-40-60/h41-44,53-60,69-70H,1-40,45-48H2. The third-order valence-electron chi connectivity index (χ3n) is 20.9. The molecule has 0 spiro atoms. The molecule has 10 rings (SSSR count). The minimum Gasteiger partial charge on any atom is -0.507 e. The topological polar surface area (TPSA) is 87.6 Å². The van der Waals surface area contributed by atoms with Gasteiger partial charge in [-0.05, 0) is 127 Å². The normalized spacial score (nSPS) is 24.4. The summed E-state index contributed by atoms with van der Waals surface area (Å²) in [5, 5.41) is 25.7. The van der Waals surface area contributed by atoms with E-state index in [0.717, 1.165) is 22.3 Å². The van der Waals surface area contributed by atoms with Gasteiger partial charge in [-0.3, -0.25) is 19.6 Å². The van der Waals surface area contributed by atoms with E-state index in [2.05, 4.69) is 19.6 Å². The van der Waals surface area contributed by atoms with Crippen molar-refractivity contribution >= 4 is 9.84 Å². The van der Waals surface area contributed by atoms with Crippen LogP contribution in [0, 0.1) is 0 Å². The van der Waals surface area contributed by atoms with Crippen LogP contribution in [-0.4, -0.2) is 86.6 Å². The van der Waals surface area contributed by atoms with Gasteiger partial charge in [0.25, 0.3) is 0 Å². The van der Waals surface area contributed by atoms with Crippen molar-refractivity contribution in [1.82, 2.24) is 19.6 Å². The molecule has 0 radical (unpaired) electrons. The zero-order valence-electron chi connectivity index (χ0n) is 45.9. The van der Waals surface area contributed by atoms with E-state index in [0.29, 0.717) is 95.8 Å². The zero-order chi connectivity index (χ0) is 50.0. The fourth-order valence-electron chi connectivity index (χ4n) is 16.7. The number of sulfone groups is 1. The average molecular weight is 1020 g/mol. The van der Waals surface area contributed by atoms with Crippen molar-refractivity contribution < 1.29 is 18.6 Å². The van der Waals surface area contributed by atoms with Gasteiger partial charge in [0, 0.05) is 96.8 Å². The summed E-state index contributed by atoms with van der Waals surface area (Å²) in [6, 6.07) is 11.5. The van der Waals surface area contributed by atoms with E-state index in [1.165, 1.54) is 257 Å². The predicted molar refractivity (Wildman–Crippen MR) is 299 cm³/mol. The third-order valence-corrected chi connectivity index (χ3v) is 22.6. The van der Waals surface area contributed by atoms with Crippen LogP contribution >= 0.6 is 0 Å². The van der Waals surface area contributed by atoms with Crippen LogP contribution in [0.3, 0.4) is 0 Å². The van der Waals surface area contributed by atoms with Crippen LogP contribution in [-0.2, 0) is 36.0 Å². The van der Waals surface area contributed by atoms with Gasteiger partial charge in [0.15, 0.2) is 0 Å². The first kappa shape index (κ1) is 54.2. The number of aromatic hydroxyl groups is 2. The van der Waals surface area contributed by atoms with Gasteiger partial charge in [0.1, 0.15) is 11.5 Å². The Morgan fingerprint density at radius 2 is 0.438 bits per heavy atom. The molecule has 8 saturated carbocycles. The van der Waals surface area contributed by atoms with E-state index in [9.17, 15) is 10.2 Å². The van der Waals surface area contributed by atoms with Crippen molar-refractivity contribution in [1.29, 1.82) is 0 Å². The number of hydrogen-bond acceptors (Lipinski definition) is 8. The molecule has 2 aromatic carbocycles. The summed E-state index contributed by atoms with van der Waals surface area (Å²) in [4.78, 5) is 11.7. The van der Waals surface area contributed by atoms with Gasteiger partial charge in [-0.25, -0.2) is 8.42 Å². The van der Waals surface area contributed by atoms with Crippen LogP contribution in [0.15, 0.2) is 34.1 Å². The quantitative estimate of drug-likeness (QED) is 0.153. The van der Waals surface area contributed by atoms with E-state index in [1.807, 2.05) is 24.3 Å². The van der Waals surface area contributed by atoms with E-state index >= 15 is 8.42 Å². The second-order valence-corrected chi connectivity index (χ2v) is 27.7. The molecule has 0 bridgehead atoms. The zero-order valence-corrected chi connectivity index (χ0v) is 46.8. The lowest BCUT2D eigenvalue weighted by Crippen LogP contribution is -2.45. The monoisotopic (exact) mass is 1020 g/mol. The molecule has 8 aliphatic carbocycles. The van der Waals surface area contributed by atoms with E-state index in [4.69, 9.17) is 0 Å². The lowest BCUT2D eigenvalue weighted by Gasteiger charge is -2.43. The molecule has 2 aromatic rings. The summed E-state index contributed by atoms with van der Waals surface area (Å²) < 4.78 is 32.4. The first-order valence-corrected chi connectivity index (χ1v) is 33.3. The Labute approximate surface area is 445 Å². The van der Waals surface area contributed by atoms with Gasteiger partial charge < -0.3 is 10.2 Å². The maximum absolute atomic E-state index is 16.2. The molecule has 0 atom stereocenters. The molecule has 9 heteroatoms. The molecule has 0 unspecified atom stereocenters. The van der Waals surface area contributed by atoms with Crippen molar-refractivity contribution in [3.05, 3.63) is 46.5 Å². The van der Waals surface area contributed by atoms with E-state index < -0.39 is 9.84 Å². The Hall–Kier alpha value is -2.17. The van der Waals surface area contributed by atoms with Crippen molar-refractivity contribution in [3.8, 4) is 11.5 Å². The molecule has 8 nitrogen and oxygen atoms in total. The molecular formula is C64H102N4O4S. The summed E-state index contributed by atoms with van der Waals surface area (Å²) in [5.74, 6) is 0.677. The molecule has 8 aliphatic rings. The molecule has 408 valence electrons. The van der Waals surface area contributed by atoms with Gasteiger partial charge >= 0.3 is 0 Å². The summed E-state index contributed by atoms with van der Waals surface area (Å²) in [6.07, 6.45) is 49.4. The first-order valence-electron chi connectivity index (χ1n) is 31.8. The highest BCUT2D eigenvalue weighted by Gasteiger charge is 2.37. The molecule has 73 heavy (non-hydrogen) atoms. The minimum absolute atomic E-state index is 0.338. The lowest BCUT2D eigenvalue weighted by molar-refractivity contribution is 0.0695. The van der Waals surface area contributed by atoms with E-state index in [-0.39, 0.29) is 0 Å². The highest BCUT2D eigenvalue weighted by Crippen LogP contribution is 2.42. The highest BCUT2D eigenvalue weighted by atomic mass is 32.2. The van der Waals surface area contributed by atoms with Crippen LogP contribution in [0.5, 0.6) is 11.5 Å². The largest absolute Gasteiger partial charge is 0.507 e. The lowest BCUT2D eigenvalue weighted by atomic mass is 9.87. The number of phenols is 2. The van der Waals surface area contributed by atoms with Crippen LogP contribution in [0.2, 0.25) is 0 Å². The smallest absolute Gasteiger partial charge is 0.206 e. The molecule has 2 N–H and O–H groups in total. The maximum atomic E-state index is 16.2. The molecular weight excluding hydrogens is 921 g/mol. The number of hydrogen-bond donors (Lipinski definition) is 2. The van der Waals surface area contributed by atoms with Gasteiger partial charge in [0.2, 0.25) is 9.84 Å². The minimum atomic E-state index is -4.10. The Morgan fingerprint density at radius 1 is 0.288 bits per heavy atom. The Balaban J connectivity index is 1.08. The summed E-state index contributed by atoms with van der Waals surface area (Å²) >= 11 is 0. The molecule has 0 saturated heterocycles. The highest BCUT2D eigenvalue weighted by molar-refractivity contribution is 7.91. The van der Waals surface area contributed by atoms with Crippen molar-refractivity contribution in [2.75, 3.05) is 0 Å². The van der Waals surface area contributed by atoms with Crippen molar-refractivity contribution in [3.63, 3.8) is 0 Å². The molecule has 0 aromatic heterocycles. The van der Waals surface area contributed by atoms with Crippen molar-refractivity contribution in [2.45, 2.75) is 341 Å². The molecule has 0 heterocycles. The molecule has 8 fully saturated rings. The molecule has 0 aliphatic heterocycles. The average Bonchev–Trinajstić information content (AvgIpc) is 3.45. The Morgan fingerprint density at radius 3 is 0.589 bits per heavy atom. The van der Waals surface area contributed by atoms with Crippen LogP contribution in [0.1, 0.15) is 279 Å². The number of rotatable bonds is 18. The maximum Gasteiger partial charge on any atom is 0.206 e. The fourth-order valence-corrected chi connectivity index (χ4v) is 18.2. The second kappa shape index (κ2) is 26.5. The summed E-state index contributed by atoms with van der Waals surface area (Å²) in [6.45, 7) is 2.41. The fraction of sp³-hybridized carbons (Fsp3) is 0.812. The summed E-state index contributed by atoms with van der Waals surface area (Å²) in [7, 11) is -4.10. The SMILES string of the molecule is O=S(=O)(c1cc(CN(C2CCCCC2)C2CCCCC2)c(O)c(CN(C2CCCCC2)C2CCCCC2)c1)c1cc(CN(C2CCCCC2)C2CCCCC2)c(O)c(CN(C2CCCCC2)C2CCCCC2)c1. The number of phenolic OH excluding ortho intramolecular Hbond substituents is 2. The Kier molecular flexibility index (Phi) is 19.6. The second-order valence-electron chi connectivity index (χ2n) is 25.7. The van der Waals surface area contributed by atoms with Crippen molar-refractivity contribution in [2.24, 2.45) is 0 Å².